The van der Waals surface area contributed by atoms with Crippen LogP contribution in [0.4, 0.5) is 0 Å². The summed E-state index contributed by atoms with van der Waals surface area (Å²) in [5, 5.41) is 31.3. The Morgan fingerprint density at radius 1 is 1.07 bits per heavy atom. The number of methoxy groups -OCH3 is 2. The van der Waals surface area contributed by atoms with Gasteiger partial charge in [0.25, 0.3) is 0 Å². The zero-order chi connectivity index (χ0) is 19.3. The number of aliphatic hydroxyl groups is 1. The molecule has 0 amide bonds. The number of carbonyl (C=O) groups excluding carboxylic acids is 1. The van der Waals surface area contributed by atoms with E-state index < -0.39 is 23.4 Å². The highest BCUT2D eigenvalue weighted by molar-refractivity contribution is 5.83. The van der Waals surface area contributed by atoms with Crippen LogP contribution in [-0.2, 0) is 16.0 Å². The van der Waals surface area contributed by atoms with E-state index in [1.165, 1.54) is 20.3 Å². The van der Waals surface area contributed by atoms with Crippen LogP contribution in [0.15, 0.2) is 30.3 Å². The first-order valence-electron chi connectivity index (χ1n) is 8.55. The third-order valence-electron chi connectivity index (χ3n) is 5.56. The van der Waals surface area contributed by atoms with Crippen molar-refractivity contribution >= 4 is 5.97 Å². The summed E-state index contributed by atoms with van der Waals surface area (Å²) in [4.78, 5) is 12.3. The Morgan fingerprint density at radius 2 is 1.78 bits per heavy atom. The Kier molecular flexibility index (Phi) is 3.92. The summed E-state index contributed by atoms with van der Waals surface area (Å²) < 4.78 is 15.6. The average Bonchev–Trinajstić information content (AvgIpc) is 2.94. The minimum absolute atomic E-state index is 0.0103. The first-order chi connectivity index (χ1) is 12.9. The first-order valence-corrected chi connectivity index (χ1v) is 8.55. The minimum Gasteiger partial charge on any atom is -0.504 e. The molecule has 1 aliphatic carbocycles. The Labute approximate surface area is 155 Å². The van der Waals surface area contributed by atoms with Crippen LogP contribution in [0.1, 0.15) is 22.6 Å². The van der Waals surface area contributed by atoms with Crippen molar-refractivity contribution in [3.8, 4) is 23.0 Å². The Bertz CT molecular complexity index is 923. The van der Waals surface area contributed by atoms with Gasteiger partial charge in [-0.3, -0.25) is 0 Å². The van der Waals surface area contributed by atoms with Crippen molar-refractivity contribution in [1.82, 2.24) is 0 Å². The van der Waals surface area contributed by atoms with Gasteiger partial charge in [-0.25, -0.2) is 4.79 Å². The zero-order valence-corrected chi connectivity index (χ0v) is 14.9. The molecule has 0 spiro atoms. The third-order valence-corrected chi connectivity index (χ3v) is 5.56. The highest BCUT2D eigenvalue weighted by Gasteiger charge is 2.57. The molecule has 27 heavy (non-hydrogen) atoms. The summed E-state index contributed by atoms with van der Waals surface area (Å²) in [7, 11) is 2.89. The lowest BCUT2D eigenvalue weighted by molar-refractivity contribution is -0.154. The summed E-state index contributed by atoms with van der Waals surface area (Å²) in [6.07, 6.45) is 0.0776. The van der Waals surface area contributed by atoms with Crippen LogP contribution in [-0.4, -0.2) is 47.7 Å². The molecule has 2 aromatic carbocycles. The fourth-order valence-corrected chi connectivity index (χ4v) is 4.19. The summed E-state index contributed by atoms with van der Waals surface area (Å²) in [5.74, 6) is -1.10. The van der Waals surface area contributed by atoms with Crippen molar-refractivity contribution in [2.75, 3.05) is 20.8 Å². The van der Waals surface area contributed by atoms with Gasteiger partial charge in [0, 0.05) is 18.3 Å². The van der Waals surface area contributed by atoms with Gasteiger partial charge in [-0.2, -0.15) is 0 Å². The number of benzene rings is 2. The van der Waals surface area contributed by atoms with Gasteiger partial charge in [-0.05, 0) is 41.0 Å². The summed E-state index contributed by atoms with van der Waals surface area (Å²) in [5.41, 5.74) is 0.537. The van der Waals surface area contributed by atoms with Crippen molar-refractivity contribution in [2.45, 2.75) is 17.9 Å². The molecule has 7 heteroatoms. The second kappa shape index (κ2) is 6.06. The van der Waals surface area contributed by atoms with Crippen molar-refractivity contribution in [3.05, 3.63) is 47.0 Å². The average molecular weight is 372 g/mol. The Hall–Kier alpha value is -2.93. The molecule has 3 atom stereocenters. The number of phenols is 2. The monoisotopic (exact) mass is 372 g/mol. The summed E-state index contributed by atoms with van der Waals surface area (Å²) in [6, 6.07) is 8.11. The van der Waals surface area contributed by atoms with Crippen LogP contribution < -0.4 is 9.47 Å². The number of aromatic hydroxyl groups is 2. The van der Waals surface area contributed by atoms with E-state index in [0.717, 1.165) is 11.1 Å². The number of phenolic OH excluding ortho intramolecular Hbond substituents is 2. The molecule has 1 heterocycles. The molecule has 3 unspecified atom stereocenters. The molecule has 1 aliphatic heterocycles. The highest BCUT2D eigenvalue weighted by atomic mass is 16.6. The predicted octanol–water partition coefficient (Wildman–Crippen LogP) is 1.71. The normalized spacial score (nSPS) is 26.1. The topological polar surface area (TPSA) is 105 Å². The van der Waals surface area contributed by atoms with E-state index >= 15 is 0 Å². The maximum absolute atomic E-state index is 12.3. The molecule has 7 nitrogen and oxygen atoms in total. The second-order valence-corrected chi connectivity index (χ2v) is 6.94. The molecule has 0 saturated carbocycles. The zero-order valence-electron chi connectivity index (χ0n) is 14.9. The van der Waals surface area contributed by atoms with Crippen LogP contribution in [0.25, 0.3) is 0 Å². The standard InChI is InChI=1S/C20H20O7/c1-25-16-5-10(3-4-14(16)21)18-12-7-15(22)17(26-2)6-11(12)8-20(24)13(18)9-27-19(20)23/h3-7,13,18,21-22,24H,8-9H2,1-2H3. The molecule has 2 aromatic rings. The molecule has 4 rings (SSSR count). The van der Waals surface area contributed by atoms with Crippen LogP contribution in [0.5, 0.6) is 23.0 Å². The number of fused-ring (bicyclic) bond motifs is 2. The molecule has 0 bridgehead atoms. The Morgan fingerprint density at radius 3 is 2.48 bits per heavy atom. The quantitative estimate of drug-likeness (QED) is 0.704. The van der Waals surface area contributed by atoms with E-state index in [1.54, 1.807) is 24.3 Å². The van der Waals surface area contributed by atoms with Gasteiger partial charge in [-0.15, -0.1) is 0 Å². The molecule has 0 radical (unpaired) electrons. The van der Waals surface area contributed by atoms with Crippen molar-refractivity contribution in [2.24, 2.45) is 5.92 Å². The number of cyclic esters (lactones) is 1. The summed E-state index contributed by atoms with van der Waals surface area (Å²) >= 11 is 0. The van der Waals surface area contributed by atoms with Crippen molar-refractivity contribution in [3.63, 3.8) is 0 Å². The van der Waals surface area contributed by atoms with Gasteiger partial charge >= 0.3 is 5.97 Å². The smallest absolute Gasteiger partial charge is 0.338 e. The van der Waals surface area contributed by atoms with E-state index in [2.05, 4.69) is 0 Å². The van der Waals surface area contributed by atoms with Crippen LogP contribution in [0.2, 0.25) is 0 Å². The van der Waals surface area contributed by atoms with Crippen molar-refractivity contribution < 1.29 is 34.3 Å². The van der Waals surface area contributed by atoms with E-state index in [9.17, 15) is 20.1 Å². The van der Waals surface area contributed by atoms with Gasteiger partial charge < -0.3 is 29.5 Å². The number of ether oxygens (including phenoxy) is 3. The molecule has 2 aliphatic rings. The maximum atomic E-state index is 12.3. The molecular weight excluding hydrogens is 352 g/mol. The molecule has 1 fully saturated rings. The fraction of sp³-hybridized carbons (Fsp3) is 0.350. The number of carbonyl (C=O) groups is 1. The largest absolute Gasteiger partial charge is 0.504 e. The van der Waals surface area contributed by atoms with Gasteiger partial charge in [0.15, 0.2) is 28.6 Å². The van der Waals surface area contributed by atoms with Crippen LogP contribution in [0.3, 0.4) is 0 Å². The van der Waals surface area contributed by atoms with Gasteiger partial charge in [0.05, 0.1) is 20.8 Å². The fourth-order valence-electron chi connectivity index (χ4n) is 4.19. The van der Waals surface area contributed by atoms with Gasteiger partial charge in [0.1, 0.15) is 0 Å². The number of hydrogen-bond donors (Lipinski definition) is 3. The molecule has 142 valence electrons. The highest BCUT2D eigenvalue weighted by Crippen LogP contribution is 2.51. The van der Waals surface area contributed by atoms with E-state index in [4.69, 9.17) is 14.2 Å². The SMILES string of the molecule is COc1cc(C2c3cc(O)c(OC)cc3CC3(O)C(=O)OCC23)ccc1O. The van der Waals surface area contributed by atoms with Crippen LogP contribution in [0, 0.1) is 5.92 Å². The maximum Gasteiger partial charge on any atom is 0.338 e. The molecule has 3 N–H and O–H groups in total. The molecular formula is C20H20O7. The van der Waals surface area contributed by atoms with Crippen molar-refractivity contribution in [1.29, 1.82) is 0 Å². The number of hydrogen-bond acceptors (Lipinski definition) is 7. The predicted molar refractivity (Wildman–Crippen MR) is 94.3 cm³/mol. The van der Waals surface area contributed by atoms with E-state index in [-0.39, 0.29) is 36.0 Å². The lowest BCUT2D eigenvalue weighted by Gasteiger charge is -2.39. The van der Waals surface area contributed by atoms with Gasteiger partial charge in [0.2, 0.25) is 0 Å². The summed E-state index contributed by atoms with van der Waals surface area (Å²) in [6.45, 7) is 0.0649. The van der Waals surface area contributed by atoms with Crippen LogP contribution >= 0.6 is 0 Å². The minimum atomic E-state index is -1.66. The number of rotatable bonds is 3. The molecule has 1 saturated heterocycles. The lowest BCUT2D eigenvalue weighted by Crippen LogP contribution is -2.48. The first kappa shape index (κ1) is 17.5. The Balaban J connectivity index is 1.94. The van der Waals surface area contributed by atoms with Gasteiger partial charge in [-0.1, -0.05) is 6.07 Å². The molecule has 0 aromatic heterocycles. The number of esters is 1. The third kappa shape index (κ3) is 2.49. The van der Waals surface area contributed by atoms with E-state index in [1.807, 2.05) is 0 Å². The van der Waals surface area contributed by atoms with E-state index in [0.29, 0.717) is 5.56 Å². The lowest BCUT2D eigenvalue weighted by atomic mass is 9.65. The second-order valence-electron chi connectivity index (χ2n) is 6.94.